The lowest BCUT2D eigenvalue weighted by molar-refractivity contribution is -0.134. The van der Waals surface area contributed by atoms with Gasteiger partial charge in [0.05, 0.1) is 6.61 Å². The molecule has 0 amide bonds. The van der Waals surface area contributed by atoms with Gasteiger partial charge in [-0.3, -0.25) is 4.90 Å². The second-order valence-electron chi connectivity index (χ2n) is 9.03. The van der Waals surface area contributed by atoms with E-state index < -0.39 is 11.9 Å². The first-order valence-corrected chi connectivity index (χ1v) is 13.0. The molecule has 0 aromatic heterocycles. The van der Waals surface area contributed by atoms with E-state index in [0.717, 1.165) is 45.8 Å². The van der Waals surface area contributed by atoms with Crippen LogP contribution < -0.4 is 0 Å². The number of rotatable bonds is 11. The zero-order valence-corrected chi connectivity index (χ0v) is 22.0. The van der Waals surface area contributed by atoms with Gasteiger partial charge in [-0.05, 0) is 29.3 Å². The Morgan fingerprint density at radius 3 is 1.72 bits per heavy atom. The highest BCUT2D eigenvalue weighted by molar-refractivity contribution is 5.89. The number of carbonyl (C=O) groups is 2. The van der Waals surface area contributed by atoms with Crippen LogP contribution in [0.2, 0.25) is 0 Å². The molecule has 0 saturated carbocycles. The Kier molecular flexibility index (Phi) is 12.5. The van der Waals surface area contributed by atoms with Crippen LogP contribution >= 0.6 is 0 Å². The second kappa shape index (κ2) is 16.6. The van der Waals surface area contributed by atoms with Crippen LogP contribution in [-0.2, 0) is 20.7 Å². The summed E-state index contributed by atoms with van der Waals surface area (Å²) in [6, 6.07) is 31.7. The summed E-state index contributed by atoms with van der Waals surface area (Å²) in [7, 11) is 0. The smallest absolute Gasteiger partial charge is 0.328 e. The highest BCUT2D eigenvalue weighted by Gasteiger charge is 2.17. The largest absolute Gasteiger partial charge is 0.478 e. The molecule has 0 atom stereocenters. The number of benzene rings is 3. The minimum atomic E-state index is -1.26. The van der Waals surface area contributed by atoms with E-state index in [9.17, 15) is 9.59 Å². The maximum Gasteiger partial charge on any atom is 0.328 e. The third kappa shape index (κ3) is 11.4. The average molecular weight is 529 g/mol. The maximum atomic E-state index is 9.55. The van der Waals surface area contributed by atoms with Gasteiger partial charge in [0.25, 0.3) is 0 Å². The van der Waals surface area contributed by atoms with E-state index in [1.165, 1.54) is 16.7 Å². The first kappa shape index (κ1) is 29.4. The number of allylic oxidation sites excluding steroid dienone is 1. The molecule has 1 aliphatic heterocycles. The number of aliphatic carboxylic acids is 2. The molecule has 3 aromatic rings. The Balaban J connectivity index is 0.000000459. The van der Waals surface area contributed by atoms with Crippen molar-refractivity contribution in [1.82, 2.24) is 9.80 Å². The molecular formula is C32H36N2O5. The Hall–Kier alpha value is -4.20. The zero-order chi connectivity index (χ0) is 27.7. The lowest BCUT2D eigenvalue weighted by atomic mass is 10.0. The highest BCUT2D eigenvalue weighted by atomic mass is 16.5. The van der Waals surface area contributed by atoms with E-state index >= 15 is 0 Å². The molecule has 2 N–H and O–H groups in total. The van der Waals surface area contributed by atoms with Crippen LogP contribution in [0.25, 0.3) is 0 Å². The number of piperazine rings is 1. The van der Waals surface area contributed by atoms with E-state index in [0.29, 0.717) is 12.2 Å². The summed E-state index contributed by atoms with van der Waals surface area (Å²) in [6.45, 7) is 6.02. The SMILES string of the molecule is C(=C\N1CCN(CCOC(c2ccccc2)c2ccccc2)CC1)/Cc1ccccc1.O=C(O)/C=C\C(=O)O. The van der Waals surface area contributed by atoms with E-state index in [4.69, 9.17) is 14.9 Å². The molecule has 1 heterocycles. The van der Waals surface area contributed by atoms with Crippen LogP contribution in [0.5, 0.6) is 0 Å². The van der Waals surface area contributed by atoms with Gasteiger partial charge in [-0.25, -0.2) is 9.59 Å². The van der Waals surface area contributed by atoms with Crippen LogP contribution in [0.3, 0.4) is 0 Å². The monoisotopic (exact) mass is 528 g/mol. The Labute approximate surface area is 230 Å². The molecule has 1 saturated heterocycles. The number of carboxylic acid groups (broad SMARTS) is 2. The summed E-state index contributed by atoms with van der Waals surface area (Å²) in [6.07, 6.45) is 6.64. The third-order valence-electron chi connectivity index (χ3n) is 6.18. The molecule has 39 heavy (non-hydrogen) atoms. The quantitative estimate of drug-likeness (QED) is 0.343. The number of nitrogens with zero attached hydrogens (tertiary/aromatic N) is 2. The fourth-order valence-corrected chi connectivity index (χ4v) is 4.17. The van der Waals surface area contributed by atoms with Crippen molar-refractivity contribution in [3.05, 3.63) is 132 Å². The van der Waals surface area contributed by atoms with Crippen LogP contribution in [0.15, 0.2) is 115 Å². The van der Waals surface area contributed by atoms with Crippen molar-refractivity contribution in [3.63, 3.8) is 0 Å². The summed E-state index contributed by atoms with van der Waals surface area (Å²) in [5.74, 6) is -2.51. The molecule has 204 valence electrons. The van der Waals surface area contributed by atoms with Gasteiger partial charge in [0, 0.05) is 44.9 Å². The van der Waals surface area contributed by atoms with Gasteiger partial charge < -0.3 is 19.8 Å². The van der Waals surface area contributed by atoms with E-state index in [2.05, 4.69) is 113 Å². The Morgan fingerprint density at radius 2 is 1.23 bits per heavy atom. The van der Waals surface area contributed by atoms with Crippen molar-refractivity contribution in [3.8, 4) is 0 Å². The minimum absolute atomic E-state index is 0.00962. The van der Waals surface area contributed by atoms with Gasteiger partial charge in [0.1, 0.15) is 6.10 Å². The normalized spacial score (nSPS) is 13.9. The average Bonchev–Trinajstić information content (AvgIpc) is 2.97. The summed E-state index contributed by atoms with van der Waals surface area (Å²) in [5.41, 5.74) is 3.78. The molecule has 7 nitrogen and oxygen atoms in total. The van der Waals surface area contributed by atoms with Crippen molar-refractivity contribution in [2.45, 2.75) is 12.5 Å². The molecule has 3 aromatic carbocycles. The molecule has 0 aliphatic carbocycles. The first-order valence-electron chi connectivity index (χ1n) is 13.0. The molecule has 1 aliphatic rings. The molecule has 4 rings (SSSR count). The van der Waals surface area contributed by atoms with Gasteiger partial charge in [-0.2, -0.15) is 0 Å². The molecule has 1 fully saturated rings. The molecule has 0 unspecified atom stereocenters. The highest BCUT2D eigenvalue weighted by Crippen LogP contribution is 2.25. The molecule has 0 bridgehead atoms. The number of hydrogen-bond donors (Lipinski definition) is 2. The van der Waals surface area contributed by atoms with Crippen molar-refractivity contribution >= 4 is 11.9 Å². The molecule has 7 heteroatoms. The lowest BCUT2D eigenvalue weighted by Crippen LogP contribution is -2.45. The van der Waals surface area contributed by atoms with E-state index in [-0.39, 0.29) is 6.10 Å². The zero-order valence-electron chi connectivity index (χ0n) is 22.0. The number of hydrogen-bond acceptors (Lipinski definition) is 5. The molecule has 0 radical (unpaired) electrons. The van der Waals surface area contributed by atoms with Gasteiger partial charge in [-0.1, -0.05) is 97.1 Å². The van der Waals surface area contributed by atoms with Gasteiger partial charge >= 0.3 is 11.9 Å². The van der Waals surface area contributed by atoms with Gasteiger partial charge in [-0.15, -0.1) is 0 Å². The summed E-state index contributed by atoms with van der Waals surface area (Å²) in [4.78, 5) is 24.0. The van der Waals surface area contributed by atoms with Crippen LogP contribution in [0, 0.1) is 0 Å². The van der Waals surface area contributed by atoms with Crippen LogP contribution in [-0.4, -0.2) is 71.3 Å². The van der Waals surface area contributed by atoms with Crippen molar-refractivity contribution in [1.29, 1.82) is 0 Å². The van der Waals surface area contributed by atoms with Gasteiger partial charge in [0.2, 0.25) is 0 Å². The van der Waals surface area contributed by atoms with Crippen molar-refractivity contribution in [2.75, 3.05) is 39.3 Å². The van der Waals surface area contributed by atoms with Crippen molar-refractivity contribution < 1.29 is 24.5 Å². The van der Waals surface area contributed by atoms with E-state index in [1.54, 1.807) is 0 Å². The fourth-order valence-electron chi connectivity index (χ4n) is 4.17. The second-order valence-corrected chi connectivity index (χ2v) is 9.03. The lowest BCUT2D eigenvalue weighted by Gasteiger charge is -2.34. The molecular weight excluding hydrogens is 492 g/mol. The number of ether oxygens (including phenoxy) is 1. The minimum Gasteiger partial charge on any atom is -0.478 e. The summed E-state index contributed by atoms with van der Waals surface area (Å²) < 4.78 is 6.39. The van der Waals surface area contributed by atoms with Gasteiger partial charge in [0.15, 0.2) is 0 Å². The fraction of sp³-hybridized carbons (Fsp3) is 0.250. The summed E-state index contributed by atoms with van der Waals surface area (Å²) in [5, 5.41) is 15.6. The van der Waals surface area contributed by atoms with E-state index in [1.807, 2.05) is 0 Å². The topological polar surface area (TPSA) is 90.3 Å². The number of carboxylic acids is 2. The first-order chi connectivity index (χ1) is 19.0. The predicted molar refractivity (Wildman–Crippen MR) is 152 cm³/mol. The van der Waals surface area contributed by atoms with Crippen molar-refractivity contribution in [2.24, 2.45) is 0 Å². The Morgan fingerprint density at radius 1 is 0.744 bits per heavy atom. The third-order valence-corrected chi connectivity index (χ3v) is 6.18. The van der Waals surface area contributed by atoms with Crippen LogP contribution in [0.4, 0.5) is 0 Å². The van der Waals surface area contributed by atoms with Crippen LogP contribution in [0.1, 0.15) is 22.8 Å². The maximum absolute atomic E-state index is 9.55. The Bertz CT molecular complexity index is 1120. The molecule has 0 spiro atoms. The summed E-state index contributed by atoms with van der Waals surface area (Å²) >= 11 is 0. The predicted octanol–water partition coefficient (Wildman–Crippen LogP) is 4.88. The standard InChI is InChI=1S/C28H32N2O.C4H4O4/c1-4-11-25(12-5-1)13-10-18-29-19-21-30(22-20-29)23-24-31-28(26-14-6-2-7-15-26)27-16-8-3-9-17-27;5-3(6)1-2-4(7)8/h1-12,14-18,28H,13,19-24H2;1-2H,(H,5,6)(H,7,8)/b18-10+;2-1-.